The molecular formula is C7H8ClIN2O3. The number of nitrogens with zero attached hydrogens (tertiary/aromatic N) is 2. The molecule has 0 saturated carbocycles. The van der Waals surface area contributed by atoms with Gasteiger partial charge in [-0.1, -0.05) is 4.74 Å². The van der Waals surface area contributed by atoms with Crippen LogP contribution in [0.2, 0.25) is 0 Å². The topological polar surface area (TPSA) is 55.5 Å². The Labute approximate surface area is 98.7 Å². The molecule has 0 aliphatic heterocycles. The monoisotopic (exact) mass is 330 g/mol. The predicted molar refractivity (Wildman–Crippen MR) is 59.7 cm³/mol. The van der Waals surface area contributed by atoms with Crippen molar-refractivity contribution in [3.8, 4) is 0 Å². The molecule has 0 aliphatic rings. The van der Waals surface area contributed by atoms with E-state index in [1.807, 2.05) is 0 Å². The van der Waals surface area contributed by atoms with Crippen LogP contribution in [-0.2, 0) is 5.88 Å². The van der Waals surface area contributed by atoms with Crippen LogP contribution in [0.4, 0.5) is 4.79 Å². The molecule has 0 fully saturated rings. The molecule has 1 aromatic heterocycles. The van der Waals surface area contributed by atoms with E-state index in [4.69, 9.17) is 16.1 Å². The number of hydrogen-bond acceptors (Lipinski definition) is 3. The minimum absolute atomic E-state index is 0.0707. The summed E-state index contributed by atoms with van der Waals surface area (Å²) >= 11 is 7.33. The van der Waals surface area contributed by atoms with Gasteiger partial charge in [0.2, 0.25) is 0 Å². The van der Waals surface area contributed by atoms with Gasteiger partial charge in [0.1, 0.15) is 3.57 Å². The number of alkyl halides is 1. The molecule has 0 spiro atoms. The maximum Gasteiger partial charge on any atom is 0.360 e. The van der Waals surface area contributed by atoms with Crippen molar-refractivity contribution in [3.05, 3.63) is 19.7 Å². The van der Waals surface area contributed by atoms with E-state index >= 15 is 0 Å². The molecule has 0 atom stereocenters. The summed E-state index contributed by atoms with van der Waals surface area (Å²) in [6, 6.07) is -0.524. The fourth-order valence-corrected chi connectivity index (χ4v) is 1.71. The lowest BCUT2D eigenvalue weighted by atomic mass is 10.5. The molecule has 0 radical (unpaired) electrons. The molecule has 0 aromatic carbocycles. The van der Waals surface area contributed by atoms with Gasteiger partial charge in [0.15, 0.2) is 5.76 Å². The first-order chi connectivity index (χ1) is 6.49. The van der Waals surface area contributed by atoms with Crippen molar-refractivity contribution in [2.45, 2.75) is 5.88 Å². The highest BCUT2D eigenvalue weighted by molar-refractivity contribution is 14.1. The maximum absolute atomic E-state index is 11.4. The highest BCUT2D eigenvalue weighted by Gasteiger charge is 2.19. The third-order valence-corrected chi connectivity index (χ3v) is 2.80. The van der Waals surface area contributed by atoms with Crippen LogP contribution in [0.1, 0.15) is 5.76 Å². The predicted octanol–water partition coefficient (Wildman–Crippen LogP) is 1.31. The van der Waals surface area contributed by atoms with Crippen molar-refractivity contribution >= 4 is 40.2 Å². The van der Waals surface area contributed by atoms with Crippen molar-refractivity contribution in [2.24, 2.45) is 0 Å². The molecule has 0 bridgehead atoms. The van der Waals surface area contributed by atoms with E-state index in [2.05, 4.69) is 0 Å². The zero-order valence-corrected chi connectivity index (χ0v) is 10.5. The Balaban J connectivity index is 3.24. The second kappa shape index (κ2) is 4.35. The molecular weight excluding hydrogens is 322 g/mol. The van der Waals surface area contributed by atoms with Crippen molar-refractivity contribution < 1.29 is 9.32 Å². The minimum atomic E-state index is -0.524. The lowest BCUT2D eigenvalue weighted by Crippen LogP contribution is -2.33. The lowest BCUT2D eigenvalue weighted by molar-refractivity contribution is 0.182. The number of aromatic nitrogens is 1. The Kier molecular flexibility index (Phi) is 3.59. The van der Waals surface area contributed by atoms with E-state index in [1.54, 1.807) is 22.6 Å². The van der Waals surface area contributed by atoms with Gasteiger partial charge in [-0.25, -0.2) is 4.79 Å². The normalized spacial score (nSPS) is 10.3. The van der Waals surface area contributed by atoms with E-state index in [-0.39, 0.29) is 5.88 Å². The molecule has 0 saturated heterocycles. The standard InChI is InChI=1S/C7H8ClIN2O3/c1-10(2)7(13)11-6(12)5(9)4(3-8)14-11/h3H2,1-2H3. The van der Waals surface area contributed by atoms with Crippen LogP contribution in [0.15, 0.2) is 9.32 Å². The number of carbonyl (C=O) groups excluding carboxylic acids is 1. The van der Waals surface area contributed by atoms with Crippen molar-refractivity contribution in [2.75, 3.05) is 14.1 Å². The van der Waals surface area contributed by atoms with Gasteiger partial charge < -0.3 is 9.42 Å². The average Bonchev–Trinajstić information content (AvgIpc) is 2.43. The zero-order valence-electron chi connectivity index (χ0n) is 7.58. The quantitative estimate of drug-likeness (QED) is 0.576. The number of rotatable bonds is 1. The average molecular weight is 331 g/mol. The molecule has 0 aliphatic carbocycles. The van der Waals surface area contributed by atoms with E-state index in [1.165, 1.54) is 19.0 Å². The smallest absolute Gasteiger partial charge is 0.360 e. The summed E-state index contributed by atoms with van der Waals surface area (Å²) in [6.45, 7) is 0. The van der Waals surface area contributed by atoms with Crippen molar-refractivity contribution in [3.63, 3.8) is 0 Å². The van der Waals surface area contributed by atoms with Gasteiger partial charge in [0.05, 0.1) is 5.88 Å². The van der Waals surface area contributed by atoms with Crippen LogP contribution < -0.4 is 5.56 Å². The molecule has 1 aromatic rings. The van der Waals surface area contributed by atoms with Crippen LogP contribution in [-0.4, -0.2) is 29.8 Å². The summed E-state index contributed by atoms with van der Waals surface area (Å²) in [5.74, 6) is 0.383. The Morgan fingerprint density at radius 2 is 2.21 bits per heavy atom. The molecule has 1 rings (SSSR count). The zero-order chi connectivity index (χ0) is 10.9. The Bertz CT molecular complexity index is 410. The lowest BCUT2D eigenvalue weighted by Gasteiger charge is -2.07. The summed E-state index contributed by atoms with van der Waals surface area (Å²) in [7, 11) is 3.06. The molecule has 78 valence electrons. The number of halogens is 2. The van der Waals surface area contributed by atoms with E-state index < -0.39 is 11.6 Å². The second-order valence-electron chi connectivity index (χ2n) is 2.74. The van der Waals surface area contributed by atoms with Gasteiger partial charge in [0.25, 0.3) is 0 Å². The summed E-state index contributed by atoms with van der Waals surface area (Å²) in [5.41, 5.74) is -0.472. The molecule has 0 N–H and O–H groups in total. The maximum atomic E-state index is 11.4. The SMILES string of the molecule is CN(C)C(=O)n1oc(CCl)c(I)c1=O. The van der Waals surface area contributed by atoms with E-state index in [0.29, 0.717) is 14.1 Å². The van der Waals surface area contributed by atoms with Crippen LogP contribution in [0.3, 0.4) is 0 Å². The first-order valence-corrected chi connectivity index (χ1v) is 5.28. The fraction of sp³-hybridized carbons (Fsp3) is 0.429. The molecule has 1 heterocycles. The number of hydrogen-bond donors (Lipinski definition) is 0. The molecule has 5 nitrogen and oxygen atoms in total. The molecule has 7 heteroatoms. The van der Waals surface area contributed by atoms with Gasteiger partial charge >= 0.3 is 11.6 Å². The van der Waals surface area contributed by atoms with E-state index in [0.717, 1.165) is 0 Å². The fourth-order valence-electron chi connectivity index (χ4n) is 0.791. The van der Waals surface area contributed by atoms with Crippen molar-refractivity contribution in [1.82, 2.24) is 9.64 Å². The number of carbonyl (C=O) groups is 1. The Morgan fingerprint density at radius 3 is 2.57 bits per heavy atom. The largest absolute Gasteiger partial charge is 0.369 e. The molecule has 0 unspecified atom stereocenters. The summed E-state index contributed by atoms with van der Waals surface area (Å²) in [6.07, 6.45) is 0. The molecule has 14 heavy (non-hydrogen) atoms. The van der Waals surface area contributed by atoms with Crippen LogP contribution >= 0.6 is 34.2 Å². The second-order valence-corrected chi connectivity index (χ2v) is 4.08. The Hall–Kier alpha value is -0.500. The van der Waals surface area contributed by atoms with Gasteiger partial charge in [-0.05, 0) is 22.6 Å². The van der Waals surface area contributed by atoms with E-state index in [9.17, 15) is 9.59 Å². The Morgan fingerprint density at radius 1 is 1.64 bits per heavy atom. The highest BCUT2D eigenvalue weighted by atomic mass is 127. The van der Waals surface area contributed by atoms with Crippen LogP contribution in [0, 0.1) is 3.57 Å². The summed E-state index contributed by atoms with van der Waals surface area (Å²) in [4.78, 5) is 24.1. The first-order valence-electron chi connectivity index (χ1n) is 3.67. The van der Waals surface area contributed by atoms with Crippen LogP contribution in [0.5, 0.6) is 0 Å². The first kappa shape index (κ1) is 11.6. The van der Waals surface area contributed by atoms with Gasteiger partial charge in [-0.3, -0.25) is 4.79 Å². The molecule has 1 amide bonds. The van der Waals surface area contributed by atoms with Crippen molar-refractivity contribution in [1.29, 1.82) is 0 Å². The van der Waals surface area contributed by atoms with Gasteiger partial charge in [-0.2, -0.15) is 0 Å². The van der Waals surface area contributed by atoms with Gasteiger partial charge in [0, 0.05) is 14.1 Å². The number of amides is 1. The minimum Gasteiger partial charge on any atom is -0.369 e. The summed E-state index contributed by atoms with van der Waals surface area (Å²) in [5, 5.41) is 0. The van der Waals surface area contributed by atoms with Gasteiger partial charge in [-0.15, -0.1) is 11.6 Å². The van der Waals surface area contributed by atoms with Crippen LogP contribution in [0.25, 0.3) is 0 Å². The highest BCUT2D eigenvalue weighted by Crippen LogP contribution is 2.11. The third-order valence-electron chi connectivity index (χ3n) is 1.50. The third kappa shape index (κ3) is 1.95. The summed E-state index contributed by atoms with van der Waals surface area (Å²) < 4.78 is 6.03.